The first-order chi connectivity index (χ1) is 10.1. The highest BCUT2D eigenvalue weighted by molar-refractivity contribution is 5.42. The molecule has 0 aliphatic rings. The van der Waals surface area contributed by atoms with Crippen molar-refractivity contribution in [2.24, 2.45) is 0 Å². The first kappa shape index (κ1) is 15.3. The second-order valence-electron chi connectivity index (χ2n) is 4.61. The summed E-state index contributed by atoms with van der Waals surface area (Å²) in [6, 6.07) is 0.826. The summed E-state index contributed by atoms with van der Waals surface area (Å²) >= 11 is 0. The Morgan fingerprint density at radius 3 is 2.48 bits per heavy atom. The number of hydrogen-bond acceptors (Lipinski definition) is 4. The third kappa shape index (κ3) is 3.17. The van der Waals surface area contributed by atoms with Crippen LogP contribution in [0.2, 0.25) is 0 Å². The van der Waals surface area contributed by atoms with Crippen molar-refractivity contribution in [1.82, 2.24) is 19.7 Å². The van der Waals surface area contributed by atoms with Gasteiger partial charge in [-0.1, -0.05) is 20.8 Å². The summed E-state index contributed by atoms with van der Waals surface area (Å²) in [5.41, 5.74) is 0. The lowest BCUT2D eigenvalue weighted by molar-refractivity contribution is 0.559. The molecule has 5 nitrogen and oxygen atoms in total. The SMILES string of the molecule is CCCNc1nc(-n2nc(CC)nc2CC)c(F)cc1F. The van der Waals surface area contributed by atoms with Crippen LogP contribution in [0.25, 0.3) is 5.82 Å². The number of aryl methyl sites for hydroxylation is 2. The quantitative estimate of drug-likeness (QED) is 0.890. The zero-order chi connectivity index (χ0) is 15.4. The molecule has 0 aliphatic carbocycles. The Morgan fingerprint density at radius 2 is 1.86 bits per heavy atom. The maximum atomic E-state index is 14.0. The molecule has 0 spiro atoms. The molecule has 0 saturated heterocycles. The molecule has 2 heterocycles. The van der Waals surface area contributed by atoms with Gasteiger partial charge in [-0.25, -0.2) is 18.7 Å². The van der Waals surface area contributed by atoms with Crippen molar-refractivity contribution < 1.29 is 8.78 Å². The minimum atomic E-state index is -0.753. The van der Waals surface area contributed by atoms with E-state index in [9.17, 15) is 8.78 Å². The van der Waals surface area contributed by atoms with Gasteiger partial charge in [-0.05, 0) is 6.42 Å². The molecule has 2 aromatic heterocycles. The molecule has 2 rings (SSSR count). The highest BCUT2D eigenvalue weighted by atomic mass is 19.1. The minimum absolute atomic E-state index is 0.0287. The summed E-state index contributed by atoms with van der Waals surface area (Å²) in [6.07, 6.45) is 2.05. The second-order valence-corrected chi connectivity index (χ2v) is 4.61. The van der Waals surface area contributed by atoms with Crippen LogP contribution >= 0.6 is 0 Å². The van der Waals surface area contributed by atoms with Crippen LogP contribution in [-0.2, 0) is 12.8 Å². The van der Waals surface area contributed by atoms with E-state index in [2.05, 4.69) is 20.4 Å². The van der Waals surface area contributed by atoms with Gasteiger partial charge in [0.2, 0.25) is 0 Å². The van der Waals surface area contributed by atoms with Crippen molar-refractivity contribution in [2.75, 3.05) is 11.9 Å². The molecular formula is C14H19F2N5. The van der Waals surface area contributed by atoms with Crippen molar-refractivity contribution in [3.63, 3.8) is 0 Å². The van der Waals surface area contributed by atoms with Crippen LogP contribution in [0.4, 0.5) is 14.6 Å². The Hall–Kier alpha value is -2.05. The van der Waals surface area contributed by atoms with Gasteiger partial charge in [0.1, 0.15) is 5.82 Å². The number of pyridine rings is 1. The van der Waals surface area contributed by atoms with E-state index in [-0.39, 0.29) is 11.6 Å². The highest BCUT2D eigenvalue weighted by Crippen LogP contribution is 2.19. The Bertz CT molecular complexity index is 624. The summed E-state index contributed by atoms with van der Waals surface area (Å²) in [7, 11) is 0. The largest absolute Gasteiger partial charge is 0.368 e. The maximum Gasteiger partial charge on any atom is 0.193 e. The molecule has 0 aliphatic heterocycles. The number of nitrogens with zero attached hydrogens (tertiary/aromatic N) is 4. The molecule has 0 amide bonds. The topological polar surface area (TPSA) is 55.6 Å². The standard InChI is InChI=1S/C14H19F2N5/c1-4-7-17-13-9(15)8-10(16)14(19-13)21-12(6-3)18-11(5-2)20-21/h8H,4-7H2,1-3H3,(H,17,19). The fourth-order valence-electron chi connectivity index (χ4n) is 1.91. The van der Waals surface area contributed by atoms with Crippen molar-refractivity contribution >= 4 is 5.82 Å². The smallest absolute Gasteiger partial charge is 0.193 e. The van der Waals surface area contributed by atoms with E-state index in [1.165, 1.54) is 4.68 Å². The van der Waals surface area contributed by atoms with Crippen LogP contribution in [-0.4, -0.2) is 26.3 Å². The third-order valence-corrected chi connectivity index (χ3v) is 3.00. The Balaban J connectivity index is 2.49. The van der Waals surface area contributed by atoms with Crippen LogP contribution in [0.3, 0.4) is 0 Å². The summed E-state index contributed by atoms with van der Waals surface area (Å²) in [6.45, 7) is 6.34. The van der Waals surface area contributed by atoms with Crippen molar-refractivity contribution in [3.8, 4) is 5.82 Å². The van der Waals surface area contributed by atoms with Gasteiger partial charge >= 0.3 is 0 Å². The number of anilines is 1. The molecule has 0 atom stereocenters. The van der Waals surface area contributed by atoms with E-state index in [0.29, 0.717) is 31.0 Å². The van der Waals surface area contributed by atoms with Gasteiger partial charge in [0.15, 0.2) is 29.1 Å². The molecule has 0 aromatic carbocycles. The van der Waals surface area contributed by atoms with Gasteiger partial charge in [-0.2, -0.15) is 4.68 Å². The normalized spacial score (nSPS) is 10.9. The molecule has 114 valence electrons. The van der Waals surface area contributed by atoms with Crippen molar-refractivity contribution in [2.45, 2.75) is 40.0 Å². The van der Waals surface area contributed by atoms with Crippen LogP contribution in [0.15, 0.2) is 6.07 Å². The lowest BCUT2D eigenvalue weighted by Gasteiger charge is -2.10. The van der Waals surface area contributed by atoms with E-state index >= 15 is 0 Å². The predicted molar refractivity (Wildman–Crippen MR) is 76.6 cm³/mol. The van der Waals surface area contributed by atoms with Gasteiger partial charge in [-0.3, -0.25) is 0 Å². The van der Waals surface area contributed by atoms with E-state index in [0.717, 1.165) is 12.5 Å². The molecular weight excluding hydrogens is 276 g/mol. The van der Waals surface area contributed by atoms with Crippen LogP contribution in [0.1, 0.15) is 38.8 Å². The first-order valence-electron chi connectivity index (χ1n) is 7.15. The predicted octanol–water partition coefficient (Wildman–Crippen LogP) is 2.89. The Labute approximate surface area is 122 Å². The average molecular weight is 295 g/mol. The number of halogens is 2. The fourth-order valence-corrected chi connectivity index (χ4v) is 1.91. The third-order valence-electron chi connectivity index (χ3n) is 3.00. The molecule has 1 N–H and O–H groups in total. The molecule has 0 unspecified atom stereocenters. The average Bonchev–Trinajstić information content (AvgIpc) is 2.89. The summed E-state index contributed by atoms with van der Waals surface area (Å²) in [5, 5.41) is 7.08. The molecule has 21 heavy (non-hydrogen) atoms. The van der Waals surface area contributed by atoms with E-state index in [1.807, 2.05) is 20.8 Å². The Morgan fingerprint density at radius 1 is 1.10 bits per heavy atom. The van der Waals surface area contributed by atoms with Crippen LogP contribution in [0, 0.1) is 11.6 Å². The monoisotopic (exact) mass is 295 g/mol. The van der Waals surface area contributed by atoms with Gasteiger partial charge in [0, 0.05) is 25.5 Å². The van der Waals surface area contributed by atoms with Crippen molar-refractivity contribution in [3.05, 3.63) is 29.3 Å². The van der Waals surface area contributed by atoms with Crippen molar-refractivity contribution in [1.29, 1.82) is 0 Å². The van der Waals surface area contributed by atoms with Crippen LogP contribution < -0.4 is 5.32 Å². The molecule has 7 heteroatoms. The summed E-state index contributed by atoms with van der Waals surface area (Å²) in [4.78, 5) is 8.35. The number of rotatable bonds is 6. The van der Waals surface area contributed by atoms with Gasteiger partial charge in [0.25, 0.3) is 0 Å². The highest BCUT2D eigenvalue weighted by Gasteiger charge is 2.17. The van der Waals surface area contributed by atoms with Gasteiger partial charge in [-0.15, -0.1) is 5.10 Å². The minimum Gasteiger partial charge on any atom is -0.368 e. The van der Waals surface area contributed by atoms with E-state index in [4.69, 9.17) is 0 Å². The molecule has 0 bridgehead atoms. The van der Waals surface area contributed by atoms with Gasteiger partial charge in [0.05, 0.1) is 0 Å². The molecule has 2 aromatic rings. The lowest BCUT2D eigenvalue weighted by atomic mass is 10.3. The summed E-state index contributed by atoms with van der Waals surface area (Å²) in [5.74, 6) is -0.245. The second kappa shape index (κ2) is 6.60. The van der Waals surface area contributed by atoms with Crippen LogP contribution in [0.5, 0.6) is 0 Å². The molecule has 0 saturated carbocycles. The number of aromatic nitrogens is 4. The first-order valence-corrected chi connectivity index (χ1v) is 7.15. The Kier molecular flexibility index (Phi) is 4.82. The molecule has 0 fully saturated rings. The van der Waals surface area contributed by atoms with E-state index < -0.39 is 11.6 Å². The van der Waals surface area contributed by atoms with E-state index in [1.54, 1.807) is 0 Å². The fraction of sp³-hybridized carbons (Fsp3) is 0.500. The number of nitrogens with one attached hydrogen (secondary N) is 1. The zero-order valence-electron chi connectivity index (χ0n) is 12.5. The maximum absolute atomic E-state index is 14.0. The summed E-state index contributed by atoms with van der Waals surface area (Å²) < 4.78 is 29.1. The molecule has 0 radical (unpaired) electrons. The number of hydrogen-bond donors (Lipinski definition) is 1. The lowest BCUT2D eigenvalue weighted by Crippen LogP contribution is -2.12. The zero-order valence-corrected chi connectivity index (χ0v) is 12.5. The van der Waals surface area contributed by atoms with Gasteiger partial charge < -0.3 is 5.32 Å².